The Labute approximate surface area is 101 Å². The van der Waals surface area contributed by atoms with Crippen molar-refractivity contribution in [3.63, 3.8) is 0 Å². The molecule has 18 heavy (non-hydrogen) atoms. The second kappa shape index (κ2) is 5.71. The highest BCUT2D eigenvalue weighted by Gasteiger charge is 2.18. The first-order chi connectivity index (χ1) is 8.45. The van der Waals surface area contributed by atoms with Gasteiger partial charge in [-0.05, 0) is 19.1 Å². The van der Waals surface area contributed by atoms with Crippen LogP contribution in [0.5, 0.6) is 0 Å². The van der Waals surface area contributed by atoms with E-state index in [0.29, 0.717) is 0 Å². The van der Waals surface area contributed by atoms with Gasteiger partial charge in [-0.25, -0.2) is 4.79 Å². The SMILES string of the molecule is CCOC(=O)C(=O)Nc1ccc(F)c([N+](=O)[O-])c1. The lowest BCUT2D eigenvalue weighted by atomic mass is 10.2. The fourth-order valence-corrected chi connectivity index (χ4v) is 1.11. The third kappa shape index (κ3) is 3.24. The van der Waals surface area contributed by atoms with Crippen molar-refractivity contribution in [1.82, 2.24) is 0 Å². The molecule has 1 aromatic rings. The normalized spacial score (nSPS) is 9.67. The maximum Gasteiger partial charge on any atom is 0.397 e. The van der Waals surface area contributed by atoms with E-state index in [9.17, 15) is 24.1 Å². The van der Waals surface area contributed by atoms with E-state index in [-0.39, 0.29) is 12.3 Å². The van der Waals surface area contributed by atoms with Crippen LogP contribution in [0.3, 0.4) is 0 Å². The number of anilines is 1. The minimum Gasteiger partial charge on any atom is -0.459 e. The van der Waals surface area contributed by atoms with Gasteiger partial charge in [0, 0.05) is 11.8 Å². The summed E-state index contributed by atoms with van der Waals surface area (Å²) >= 11 is 0. The van der Waals surface area contributed by atoms with Crippen LogP contribution in [0.4, 0.5) is 15.8 Å². The van der Waals surface area contributed by atoms with Crippen molar-refractivity contribution < 1.29 is 23.6 Å². The van der Waals surface area contributed by atoms with Gasteiger partial charge in [-0.3, -0.25) is 14.9 Å². The monoisotopic (exact) mass is 256 g/mol. The molecule has 0 unspecified atom stereocenters. The number of rotatable bonds is 3. The van der Waals surface area contributed by atoms with E-state index in [1.165, 1.54) is 6.92 Å². The molecule has 0 bridgehead atoms. The smallest absolute Gasteiger partial charge is 0.397 e. The van der Waals surface area contributed by atoms with Gasteiger partial charge in [0.25, 0.3) is 0 Å². The van der Waals surface area contributed by atoms with E-state index in [1.54, 1.807) is 0 Å². The molecule has 0 spiro atoms. The van der Waals surface area contributed by atoms with Gasteiger partial charge >= 0.3 is 17.6 Å². The van der Waals surface area contributed by atoms with Crippen LogP contribution < -0.4 is 5.32 Å². The van der Waals surface area contributed by atoms with Crippen LogP contribution in [0.15, 0.2) is 18.2 Å². The topological polar surface area (TPSA) is 98.5 Å². The Balaban J connectivity index is 2.86. The van der Waals surface area contributed by atoms with Gasteiger partial charge in [0.05, 0.1) is 11.5 Å². The number of hydrogen-bond donors (Lipinski definition) is 1. The standard InChI is InChI=1S/C10H9FN2O5/c1-2-18-10(15)9(14)12-6-3-4-7(11)8(5-6)13(16)17/h3-5H,2H2,1H3,(H,12,14). The number of halogens is 1. The van der Waals surface area contributed by atoms with Gasteiger partial charge in [0.2, 0.25) is 5.82 Å². The predicted octanol–water partition coefficient (Wildman–Crippen LogP) is 1.24. The molecule has 1 rings (SSSR count). The second-order valence-electron chi connectivity index (χ2n) is 3.10. The summed E-state index contributed by atoms with van der Waals surface area (Å²) in [5.74, 6) is -3.24. The van der Waals surface area contributed by atoms with Crippen LogP contribution in [0.25, 0.3) is 0 Å². The first kappa shape index (κ1) is 13.6. The van der Waals surface area contributed by atoms with Crippen molar-refractivity contribution in [3.8, 4) is 0 Å². The molecule has 1 aromatic carbocycles. The van der Waals surface area contributed by atoms with E-state index in [0.717, 1.165) is 18.2 Å². The van der Waals surface area contributed by atoms with Crippen LogP contribution in [-0.4, -0.2) is 23.4 Å². The van der Waals surface area contributed by atoms with Crippen LogP contribution in [0.1, 0.15) is 6.92 Å². The molecule has 0 aliphatic heterocycles. The molecule has 0 saturated heterocycles. The lowest BCUT2D eigenvalue weighted by Crippen LogP contribution is -2.25. The molecular formula is C10H9FN2O5. The summed E-state index contributed by atoms with van der Waals surface area (Å²) in [5, 5.41) is 12.5. The van der Waals surface area contributed by atoms with Crippen molar-refractivity contribution in [2.45, 2.75) is 6.92 Å². The van der Waals surface area contributed by atoms with E-state index in [4.69, 9.17) is 0 Å². The number of nitro benzene ring substituents is 1. The van der Waals surface area contributed by atoms with E-state index < -0.39 is 28.3 Å². The number of benzene rings is 1. The molecule has 0 saturated carbocycles. The maximum atomic E-state index is 13.0. The zero-order valence-corrected chi connectivity index (χ0v) is 9.31. The minimum atomic E-state index is -1.12. The molecule has 0 aliphatic rings. The molecule has 8 heteroatoms. The fraction of sp³-hybridized carbons (Fsp3) is 0.200. The Bertz CT molecular complexity index is 503. The lowest BCUT2D eigenvalue weighted by molar-refractivity contribution is -0.387. The molecular weight excluding hydrogens is 247 g/mol. The van der Waals surface area contributed by atoms with Crippen molar-refractivity contribution in [1.29, 1.82) is 0 Å². The van der Waals surface area contributed by atoms with Gasteiger partial charge in [0.1, 0.15) is 0 Å². The molecule has 0 radical (unpaired) electrons. The minimum absolute atomic E-state index is 0.0236. The van der Waals surface area contributed by atoms with Crippen molar-refractivity contribution >= 4 is 23.3 Å². The van der Waals surface area contributed by atoms with Gasteiger partial charge in [-0.2, -0.15) is 4.39 Å². The number of esters is 1. The summed E-state index contributed by atoms with van der Waals surface area (Å²) in [5.41, 5.74) is -0.863. The number of carbonyl (C=O) groups is 2. The number of nitrogens with zero attached hydrogens (tertiary/aromatic N) is 1. The highest BCUT2D eigenvalue weighted by Crippen LogP contribution is 2.21. The second-order valence-corrected chi connectivity index (χ2v) is 3.10. The average molecular weight is 256 g/mol. The third-order valence-corrected chi connectivity index (χ3v) is 1.86. The van der Waals surface area contributed by atoms with Crippen LogP contribution in [0.2, 0.25) is 0 Å². The number of amides is 1. The number of carbonyl (C=O) groups excluding carboxylic acids is 2. The Morgan fingerprint density at radius 2 is 2.17 bits per heavy atom. The summed E-state index contributed by atoms with van der Waals surface area (Å²) in [7, 11) is 0. The lowest BCUT2D eigenvalue weighted by Gasteiger charge is -2.04. The summed E-state index contributed by atoms with van der Waals surface area (Å²) in [6.07, 6.45) is 0. The first-order valence-electron chi connectivity index (χ1n) is 4.87. The summed E-state index contributed by atoms with van der Waals surface area (Å²) in [6, 6.07) is 2.73. The van der Waals surface area contributed by atoms with Gasteiger partial charge < -0.3 is 10.1 Å². The van der Waals surface area contributed by atoms with Crippen LogP contribution in [0, 0.1) is 15.9 Å². The number of nitro groups is 1. The number of hydrogen-bond acceptors (Lipinski definition) is 5. The van der Waals surface area contributed by atoms with Gasteiger partial charge in [-0.15, -0.1) is 0 Å². The van der Waals surface area contributed by atoms with Crippen molar-refractivity contribution in [2.24, 2.45) is 0 Å². The van der Waals surface area contributed by atoms with E-state index in [2.05, 4.69) is 10.1 Å². The zero-order valence-electron chi connectivity index (χ0n) is 9.31. The molecule has 0 aromatic heterocycles. The van der Waals surface area contributed by atoms with Gasteiger partial charge in [-0.1, -0.05) is 0 Å². The summed E-state index contributed by atoms with van der Waals surface area (Å²) in [6.45, 7) is 1.55. The molecule has 0 heterocycles. The predicted molar refractivity (Wildman–Crippen MR) is 58.3 cm³/mol. The molecule has 7 nitrogen and oxygen atoms in total. The van der Waals surface area contributed by atoms with E-state index in [1.807, 2.05) is 0 Å². The van der Waals surface area contributed by atoms with Crippen LogP contribution in [-0.2, 0) is 14.3 Å². The molecule has 0 atom stereocenters. The molecule has 96 valence electrons. The van der Waals surface area contributed by atoms with Crippen molar-refractivity contribution in [2.75, 3.05) is 11.9 Å². The fourth-order valence-electron chi connectivity index (χ4n) is 1.11. The average Bonchev–Trinajstić information content (AvgIpc) is 2.31. The summed E-state index contributed by atoms with van der Waals surface area (Å²) in [4.78, 5) is 31.7. The maximum absolute atomic E-state index is 13.0. The molecule has 1 N–H and O–H groups in total. The number of nitrogens with one attached hydrogen (secondary N) is 1. The van der Waals surface area contributed by atoms with Gasteiger partial charge in [0.15, 0.2) is 0 Å². The quantitative estimate of drug-likeness (QED) is 0.379. The molecule has 1 amide bonds. The molecule has 0 fully saturated rings. The van der Waals surface area contributed by atoms with Crippen molar-refractivity contribution in [3.05, 3.63) is 34.1 Å². The Hall–Kier alpha value is -2.51. The highest BCUT2D eigenvalue weighted by molar-refractivity contribution is 6.37. The Morgan fingerprint density at radius 3 is 2.72 bits per heavy atom. The zero-order chi connectivity index (χ0) is 13.7. The van der Waals surface area contributed by atoms with Crippen LogP contribution >= 0.6 is 0 Å². The van der Waals surface area contributed by atoms with E-state index >= 15 is 0 Å². The first-order valence-corrected chi connectivity index (χ1v) is 4.87. The summed E-state index contributed by atoms with van der Waals surface area (Å²) < 4.78 is 17.4. The third-order valence-electron chi connectivity index (χ3n) is 1.86. The Kier molecular flexibility index (Phi) is 4.30. The molecule has 0 aliphatic carbocycles. The Morgan fingerprint density at radius 1 is 1.50 bits per heavy atom. The number of ether oxygens (including phenoxy) is 1. The highest BCUT2D eigenvalue weighted by atomic mass is 19.1. The largest absolute Gasteiger partial charge is 0.459 e.